The Hall–Kier alpha value is -3.41. The fourth-order valence-electron chi connectivity index (χ4n) is 3.80. The van der Waals surface area contributed by atoms with Gasteiger partial charge in [0.2, 0.25) is 0 Å². The van der Waals surface area contributed by atoms with Crippen LogP contribution in [-0.4, -0.2) is 50.7 Å². The Bertz CT molecular complexity index is 1390. The van der Waals surface area contributed by atoms with Gasteiger partial charge in [-0.05, 0) is 31.2 Å². The highest BCUT2D eigenvalue weighted by Crippen LogP contribution is 2.50. The van der Waals surface area contributed by atoms with Gasteiger partial charge in [0.1, 0.15) is 6.23 Å². The normalized spacial score (nSPS) is 21.8. The van der Waals surface area contributed by atoms with Crippen molar-refractivity contribution in [2.45, 2.75) is 44.2 Å². The molecule has 1 aliphatic rings. The first-order valence-corrected chi connectivity index (χ1v) is 13.0. The van der Waals surface area contributed by atoms with E-state index in [4.69, 9.17) is 18.7 Å². The number of esters is 1. The van der Waals surface area contributed by atoms with Crippen molar-refractivity contribution in [1.82, 2.24) is 14.5 Å². The van der Waals surface area contributed by atoms with Crippen molar-refractivity contribution in [3.8, 4) is 0 Å². The molecule has 2 aromatic heterocycles. The number of hydrogen-bond acceptors (Lipinski definition) is 9. The third kappa shape index (κ3) is 6.30. The average molecular weight is 531 g/mol. The standard InChI is InChI=1S/C24H26N3O9P/c1-15-14-27(24(30)26-21(15)28)19-13-18(34-22(29)16-8-4-3-5-9-16)23(35-19)36-20(37(31,32)33-2)12-17-10-6-7-11-25-17/h3-11,14,18-20,23H,12-13H2,1-2H3,(H,31,32)(H,26,28,30)/t18-,19+,20?,23+/m0/s1. The van der Waals surface area contributed by atoms with Crippen molar-refractivity contribution in [2.24, 2.45) is 0 Å². The minimum Gasteiger partial charge on any atom is -0.453 e. The van der Waals surface area contributed by atoms with Crippen LogP contribution in [0.5, 0.6) is 0 Å². The first-order valence-electron chi connectivity index (χ1n) is 11.3. The van der Waals surface area contributed by atoms with E-state index in [1.165, 1.54) is 19.3 Å². The lowest BCUT2D eigenvalue weighted by Crippen LogP contribution is -2.35. The summed E-state index contributed by atoms with van der Waals surface area (Å²) in [6.45, 7) is 1.52. The molecule has 0 aliphatic carbocycles. The summed E-state index contributed by atoms with van der Waals surface area (Å²) in [4.78, 5) is 53.9. The summed E-state index contributed by atoms with van der Waals surface area (Å²) in [5.41, 5.74) is -0.284. The number of aromatic amines is 1. The summed E-state index contributed by atoms with van der Waals surface area (Å²) in [7, 11) is -3.26. The predicted molar refractivity (Wildman–Crippen MR) is 130 cm³/mol. The number of nitrogens with zero attached hydrogens (tertiary/aromatic N) is 2. The highest BCUT2D eigenvalue weighted by atomic mass is 31.2. The largest absolute Gasteiger partial charge is 0.453 e. The lowest BCUT2D eigenvalue weighted by Gasteiger charge is -2.27. The molecule has 0 bridgehead atoms. The second-order valence-corrected chi connectivity index (χ2v) is 10.4. The van der Waals surface area contributed by atoms with Crippen LogP contribution in [0.25, 0.3) is 0 Å². The van der Waals surface area contributed by atoms with Gasteiger partial charge in [0.15, 0.2) is 18.2 Å². The SMILES string of the molecule is COP(=O)(O)C(Cc1ccccn1)O[C@H]1O[C@@H](n2cc(C)c(=O)[nH]c2=O)C[C@@H]1OC(=O)c1ccccc1. The van der Waals surface area contributed by atoms with E-state index in [1.807, 2.05) is 0 Å². The van der Waals surface area contributed by atoms with Gasteiger partial charge in [0, 0.05) is 43.6 Å². The number of carbonyl (C=O) groups excluding carboxylic acids is 1. The lowest BCUT2D eigenvalue weighted by atomic mass is 10.2. The van der Waals surface area contributed by atoms with Gasteiger partial charge in [0.05, 0.1) is 5.56 Å². The Labute approximate surface area is 211 Å². The van der Waals surface area contributed by atoms with Gasteiger partial charge in [-0.15, -0.1) is 0 Å². The fraction of sp³-hybridized carbons (Fsp3) is 0.333. The Morgan fingerprint density at radius 2 is 1.97 bits per heavy atom. The molecule has 2 N–H and O–H groups in total. The zero-order valence-electron chi connectivity index (χ0n) is 20.1. The molecular weight excluding hydrogens is 505 g/mol. The number of hydrogen-bond donors (Lipinski definition) is 2. The second-order valence-electron chi connectivity index (χ2n) is 8.35. The van der Waals surface area contributed by atoms with Gasteiger partial charge in [-0.25, -0.2) is 9.59 Å². The van der Waals surface area contributed by atoms with Crippen molar-refractivity contribution in [3.05, 3.63) is 98.6 Å². The number of aromatic nitrogens is 3. The Morgan fingerprint density at radius 1 is 1.24 bits per heavy atom. The van der Waals surface area contributed by atoms with Crippen LogP contribution in [0, 0.1) is 6.92 Å². The highest BCUT2D eigenvalue weighted by Gasteiger charge is 2.45. The van der Waals surface area contributed by atoms with Crippen LogP contribution in [0.15, 0.2) is 70.5 Å². The predicted octanol–water partition coefficient (Wildman–Crippen LogP) is 2.13. The molecule has 196 valence electrons. The third-order valence-electron chi connectivity index (χ3n) is 5.78. The number of pyridine rings is 1. The monoisotopic (exact) mass is 531 g/mol. The van der Waals surface area contributed by atoms with E-state index in [2.05, 4.69) is 9.97 Å². The molecule has 37 heavy (non-hydrogen) atoms. The Morgan fingerprint density at radius 3 is 2.65 bits per heavy atom. The van der Waals surface area contributed by atoms with Crippen molar-refractivity contribution < 1.29 is 33.0 Å². The van der Waals surface area contributed by atoms with E-state index < -0.39 is 49.3 Å². The first-order chi connectivity index (χ1) is 17.7. The highest BCUT2D eigenvalue weighted by molar-refractivity contribution is 7.53. The summed E-state index contributed by atoms with van der Waals surface area (Å²) >= 11 is 0. The van der Waals surface area contributed by atoms with Crippen LogP contribution in [-0.2, 0) is 29.7 Å². The number of H-pyrrole nitrogens is 1. The maximum atomic E-state index is 12.8. The van der Waals surface area contributed by atoms with Crippen LogP contribution < -0.4 is 11.2 Å². The van der Waals surface area contributed by atoms with E-state index in [0.29, 0.717) is 5.69 Å². The number of rotatable bonds is 9. The Balaban J connectivity index is 1.64. The fourth-order valence-corrected chi connectivity index (χ4v) is 4.73. The second kappa shape index (κ2) is 11.3. The molecule has 0 spiro atoms. The summed E-state index contributed by atoms with van der Waals surface area (Å²) in [6.07, 6.45) is -0.711. The zero-order chi connectivity index (χ0) is 26.6. The van der Waals surface area contributed by atoms with Crippen molar-refractivity contribution in [1.29, 1.82) is 0 Å². The molecule has 5 atom stereocenters. The molecule has 4 rings (SSSR count). The topological polar surface area (TPSA) is 159 Å². The minimum atomic E-state index is -4.33. The van der Waals surface area contributed by atoms with Crippen LogP contribution in [0.4, 0.5) is 0 Å². The maximum absolute atomic E-state index is 12.8. The number of nitrogens with one attached hydrogen (secondary N) is 1. The number of benzene rings is 1. The van der Waals surface area contributed by atoms with E-state index in [1.54, 1.807) is 48.5 Å². The summed E-state index contributed by atoms with van der Waals surface area (Å²) < 4.78 is 36.3. The van der Waals surface area contributed by atoms with Gasteiger partial charge < -0.3 is 23.6 Å². The van der Waals surface area contributed by atoms with E-state index in [0.717, 1.165) is 11.7 Å². The lowest BCUT2D eigenvalue weighted by molar-refractivity contribution is -0.188. The molecule has 0 amide bonds. The van der Waals surface area contributed by atoms with Crippen LogP contribution >= 0.6 is 7.60 Å². The molecule has 13 heteroatoms. The summed E-state index contributed by atoms with van der Waals surface area (Å²) in [6, 6.07) is 13.3. The van der Waals surface area contributed by atoms with Crippen LogP contribution in [0.2, 0.25) is 0 Å². The van der Waals surface area contributed by atoms with Crippen molar-refractivity contribution in [3.63, 3.8) is 0 Å². The van der Waals surface area contributed by atoms with Crippen molar-refractivity contribution in [2.75, 3.05) is 7.11 Å². The zero-order valence-corrected chi connectivity index (χ0v) is 20.9. The first kappa shape index (κ1) is 26.6. The molecular formula is C24H26N3O9P. The minimum absolute atomic E-state index is 0.0341. The maximum Gasteiger partial charge on any atom is 0.356 e. The van der Waals surface area contributed by atoms with Gasteiger partial charge >= 0.3 is 19.3 Å². The van der Waals surface area contributed by atoms with Gasteiger partial charge in [0.25, 0.3) is 5.56 Å². The van der Waals surface area contributed by atoms with E-state index >= 15 is 0 Å². The molecule has 1 saturated heterocycles. The summed E-state index contributed by atoms with van der Waals surface area (Å²) in [5.74, 6) is -2.10. The molecule has 12 nitrogen and oxygen atoms in total. The number of carbonyl (C=O) groups is 1. The summed E-state index contributed by atoms with van der Waals surface area (Å²) in [5, 5.41) is 0. The molecule has 0 radical (unpaired) electrons. The Kier molecular flexibility index (Phi) is 8.16. The van der Waals surface area contributed by atoms with Gasteiger partial charge in [-0.1, -0.05) is 24.3 Å². The smallest absolute Gasteiger partial charge is 0.356 e. The molecule has 0 saturated carbocycles. The molecule has 1 aromatic carbocycles. The average Bonchev–Trinajstić information content (AvgIpc) is 3.28. The third-order valence-corrected chi connectivity index (χ3v) is 7.33. The van der Waals surface area contributed by atoms with Crippen molar-refractivity contribution >= 4 is 13.6 Å². The molecule has 1 fully saturated rings. The van der Waals surface area contributed by atoms with Crippen LogP contribution in [0.3, 0.4) is 0 Å². The number of aryl methyl sites for hydroxylation is 1. The van der Waals surface area contributed by atoms with Gasteiger partial charge in [-0.2, -0.15) is 0 Å². The van der Waals surface area contributed by atoms with Gasteiger partial charge in [-0.3, -0.25) is 23.9 Å². The van der Waals surface area contributed by atoms with E-state index in [9.17, 15) is 23.8 Å². The quantitative estimate of drug-likeness (QED) is 0.309. The number of ether oxygens (including phenoxy) is 3. The van der Waals surface area contributed by atoms with E-state index in [-0.39, 0.29) is 24.0 Å². The van der Waals surface area contributed by atoms with Crippen LogP contribution in [0.1, 0.15) is 34.3 Å². The molecule has 3 heterocycles. The molecule has 3 aromatic rings. The molecule has 1 aliphatic heterocycles. The molecule has 2 unspecified atom stereocenters.